The Balaban J connectivity index is 1.87. The van der Waals surface area contributed by atoms with Gasteiger partial charge in [0.15, 0.2) is 0 Å². The van der Waals surface area contributed by atoms with E-state index in [1.807, 2.05) is 30.3 Å². The van der Waals surface area contributed by atoms with E-state index < -0.39 is 0 Å². The molecule has 0 radical (unpaired) electrons. The molecule has 1 heterocycles. The van der Waals surface area contributed by atoms with Crippen molar-refractivity contribution in [3.8, 4) is 5.75 Å². The first kappa shape index (κ1) is 17.5. The van der Waals surface area contributed by atoms with Crippen LogP contribution in [0.3, 0.4) is 0 Å². The van der Waals surface area contributed by atoms with Crippen LogP contribution in [-0.4, -0.2) is 26.8 Å². The van der Waals surface area contributed by atoms with Crippen molar-refractivity contribution < 1.29 is 9.90 Å². The number of hydrogen-bond donors (Lipinski definition) is 1. The number of carbonyl (C=O) groups excluding carboxylic acids is 1. The lowest BCUT2D eigenvalue weighted by atomic mass is 10.0. The molecule has 0 bridgehead atoms. The lowest BCUT2D eigenvalue weighted by Crippen LogP contribution is -2.27. The second-order valence-electron chi connectivity index (χ2n) is 5.64. The third-order valence-electron chi connectivity index (χ3n) is 3.81. The first-order valence-corrected chi connectivity index (χ1v) is 9.03. The van der Waals surface area contributed by atoms with E-state index in [0.29, 0.717) is 21.3 Å². The van der Waals surface area contributed by atoms with E-state index in [-0.39, 0.29) is 11.7 Å². The number of amides is 1. The molecule has 1 amide bonds. The van der Waals surface area contributed by atoms with E-state index >= 15 is 0 Å². The van der Waals surface area contributed by atoms with Gasteiger partial charge in [-0.1, -0.05) is 66.5 Å². The molecule has 1 saturated heterocycles. The van der Waals surface area contributed by atoms with Crippen LogP contribution in [0.4, 0.5) is 0 Å². The van der Waals surface area contributed by atoms with E-state index in [1.165, 1.54) is 22.2 Å². The van der Waals surface area contributed by atoms with Crippen molar-refractivity contribution in [2.75, 3.05) is 6.54 Å². The van der Waals surface area contributed by atoms with Gasteiger partial charge < -0.3 is 5.11 Å². The molecule has 3 rings (SSSR count). The average molecular weight is 367 g/mol. The van der Waals surface area contributed by atoms with Crippen LogP contribution in [0.1, 0.15) is 16.7 Å². The van der Waals surface area contributed by atoms with E-state index in [9.17, 15) is 9.90 Å². The summed E-state index contributed by atoms with van der Waals surface area (Å²) < 4.78 is 0.510. The summed E-state index contributed by atoms with van der Waals surface area (Å²) in [7, 11) is 0. The maximum Gasteiger partial charge on any atom is 0.266 e. The SMILES string of the molecule is C=CCN1C(=O)C(=Cc2cc(Cc3ccccc3)ccc2O)SC1=S. The number of thioether (sulfide) groups is 1. The van der Waals surface area contributed by atoms with Gasteiger partial charge in [-0.15, -0.1) is 6.58 Å². The van der Waals surface area contributed by atoms with Gasteiger partial charge >= 0.3 is 0 Å². The summed E-state index contributed by atoms with van der Waals surface area (Å²) in [6, 6.07) is 15.6. The van der Waals surface area contributed by atoms with E-state index in [0.717, 1.165) is 12.0 Å². The van der Waals surface area contributed by atoms with Crippen LogP contribution in [0, 0.1) is 0 Å². The Kier molecular flexibility index (Phi) is 5.36. The van der Waals surface area contributed by atoms with Crippen molar-refractivity contribution in [1.29, 1.82) is 0 Å². The van der Waals surface area contributed by atoms with Crippen molar-refractivity contribution in [1.82, 2.24) is 4.90 Å². The number of nitrogens with zero attached hydrogens (tertiary/aromatic N) is 1. The molecule has 1 aliphatic heterocycles. The highest BCUT2D eigenvalue weighted by Gasteiger charge is 2.31. The van der Waals surface area contributed by atoms with Crippen LogP contribution >= 0.6 is 24.0 Å². The highest BCUT2D eigenvalue weighted by atomic mass is 32.2. The summed E-state index contributed by atoms with van der Waals surface area (Å²) in [4.78, 5) is 14.4. The molecule has 0 atom stereocenters. The zero-order valence-electron chi connectivity index (χ0n) is 13.5. The molecule has 0 aromatic heterocycles. The summed E-state index contributed by atoms with van der Waals surface area (Å²) in [5, 5.41) is 10.2. The topological polar surface area (TPSA) is 40.5 Å². The first-order chi connectivity index (χ1) is 12.1. The molecule has 2 aromatic rings. The number of phenolic OH excluding ortho intramolecular Hbond substituents is 1. The number of phenols is 1. The predicted molar refractivity (Wildman–Crippen MR) is 107 cm³/mol. The van der Waals surface area contributed by atoms with Crippen molar-refractivity contribution in [2.45, 2.75) is 6.42 Å². The summed E-state index contributed by atoms with van der Waals surface area (Å²) in [5.74, 6) is -0.00596. The molecule has 0 saturated carbocycles. The van der Waals surface area contributed by atoms with Gasteiger partial charge in [0.1, 0.15) is 10.1 Å². The van der Waals surface area contributed by atoms with Crippen LogP contribution < -0.4 is 0 Å². The lowest BCUT2D eigenvalue weighted by Gasteiger charge is -2.10. The molecule has 1 fully saturated rings. The molecule has 5 heteroatoms. The minimum Gasteiger partial charge on any atom is -0.507 e. The van der Waals surface area contributed by atoms with Gasteiger partial charge in [0.25, 0.3) is 5.91 Å². The van der Waals surface area contributed by atoms with Crippen LogP contribution in [0.5, 0.6) is 5.75 Å². The third-order valence-corrected chi connectivity index (χ3v) is 5.19. The van der Waals surface area contributed by atoms with Gasteiger partial charge in [-0.2, -0.15) is 0 Å². The Morgan fingerprint density at radius 3 is 2.64 bits per heavy atom. The van der Waals surface area contributed by atoms with Crippen LogP contribution in [0.2, 0.25) is 0 Å². The standard InChI is InChI=1S/C20H17NO2S2/c1-2-10-21-19(23)18(25-20(21)24)13-16-12-15(8-9-17(16)22)11-14-6-4-3-5-7-14/h2-9,12-13,22H,1,10-11H2. The lowest BCUT2D eigenvalue weighted by molar-refractivity contribution is -0.121. The maximum absolute atomic E-state index is 12.4. The van der Waals surface area contributed by atoms with E-state index in [2.05, 4.69) is 18.7 Å². The molecule has 0 spiro atoms. The van der Waals surface area contributed by atoms with Gasteiger partial charge in [0.05, 0.1) is 4.91 Å². The van der Waals surface area contributed by atoms with Gasteiger partial charge in [0.2, 0.25) is 0 Å². The summed E-state index contributed by atoms with van der Waals surface area (Å²) in [6.45, 7) is 4.04. The molecule has 1 N–H and O–H groups in total. The Hall–Kier alpha value is -2.37. The fraction of sp³-hybridized carbons (Fsp3) is 0.100. The Labute approximate surface area is 156 Å². The van der Waals surface area contributed by atoms with Crippen LogP contribution in [0.25, 0.3) is 6.08 Å². The number of aromatic hydroxyl groups is 1. The van der Waals surface area contributed by atoms with Crippen molar-refractivity contribution in [2.24, 2.45) is 0 Å². The molecule has 1 aliphatic rings. The van der Waals surface area contributed by atoms with Crippen molar-refractivity contribution in [3.63, 3.8) is 0 Å². The third kappa shape index (κ3) is 4.00. The number of rotatable bonds is 5. The maximum atomic E-state index is 12.4. The number of hydrogen-bond acceptors (Lipinski definition) is 4. The van der Waals surface area contributed by atoms with E-state index in [4.69, 9.17) is 12.2 Å². The number of carbonyl (C=O) groups is 1. The molecular formula is C20H17NO2S2. The second-order valence-corrected chi connectivity index (χ2v) is 7.31. The summed E-state index contributed by atoms with van der Waals surface area (Å²) in [5.41, 5.74) is 2.88. The van der Waals surface area contributed by atoms with Crippen molar-refractivity contribution >= 4 is 40.3 Å². The minimum atomic E-state index is -0.150. The van der Waals surface area contributed by atoms with E-state index in [1.54, 1.807) is 18.2 Å². The molecule has 3 nitrogen and oxygen atoms in total. The van der Waals surface area contributed by atoms with Gasteiger partial charge in [-0.3, -0.25) is 9.69 Å². The fourth-order valence-electron chi connectivity index (χ4n) is 2.59. The van der Waals surface area contributed by atoms with Crippen LogP contribution in [-0.2, 0) is 11.2 Å². The molecule has 25 heavy (non-hydrogen) atoms. The van der Waals surface area contributed by atoms with Crippen molar-refractivity contribution in [3.05, 3.63) is 82.8 Å². The average Bonchev–Trinajstić information content (AvgIpc) is 2.87. The highest BCUT2D eigenvalue weighted by Crippen LogP contribution is 2.34. The van der Waals surface area contributed by atoms with Gasteiger partial charge in [-0.05, 0) is 35.8 Å². The summed E-state index contributed by atoms with van der Waals surface area (Å²) in [6.07, 6.45) is 4.11. The van der Waals surface area contributed by atoms with Gasteiger partial charge in [-0.25, -0.2) is 0 Å². The Morgan fingerprint density at radius 1 is 1.16 bits per heavy atom. The summed E-state index contributed by atoms with van der Waals surface area (Å²) >= 11 is 6.48. The number of benzene rings is 2. The second kappa shape index (κ2) is 7.68. The van der Waals surface area contributed by atoms with Crippen LogP contribution in [0.15, 0.2) is 66.1 Å². The predicted octanol–water partition coefficient (Wildman–Crippen LogP) is 4.37. The first-order valence-electron chi connectivity index (χ1n) is 7.80. The quantitative estimate of drug-likeness (QED) is 0.484. The Morgan fingerprint density at radius 2 is 1.92 bits per heavy atom. The monoisotopic (exact) mass is 367 g/mol. The Bertz CT molecular complexity index is 859. The molecule has 0 unspecified atom stereocenters. The minimum absolute atomic E-state index is 0.144. The van der Waals surface area contributed by atoms with Gasteiger partial charge in [0, 0.05) is 12.1 Å². The molecular weight excluding hydrogens is 350 g/mol. The molecule has 126 valence electrons. The fourth-order valence-corrected chi connectivity index (χ4v) is 3.85. The zero-order valence-corrected chi connectivity index (χ0v) is 15.1. The highest BCUT2D eigenvalue weighted by molar-refractivity contribution is 8.26. The molecule has 0 aliphatic carbocycles. The number of thiocarbonyl (C=S) groups is 1. The largest absolute Gasteiger partial charge is 0.507 e. The molecule has 2 aromatic carbocycles. The zero-order chi connectivity index (χ0) is 17.8. The smallest absolute Gasteiger partial charge is 0.266 e. The normalized spacial score (nSPS) is 15.8.